The Morgan fingerprint density at radius 1 is 1.53 bits per heavy atom. The predicted octanol–water partition coefficient (Wildman–Crippen LogP) is 2.69. The van der Waals surface area contributed by atoms with Crippen molar-refractivity contribution in [2.24, 2.45) is 5.41 Å². The van der Waals surface area contributed by atoms with Crippen LogP contribution in [0.5, 0.6) is 0 Å². The van der Waals surface area contributed by atoms with E-state index in [1.54, 1.807) is 12.1 Å². The van der Waals surface area contributed by atoms with Crippen molar-refractivity contribution < 1.29 is 9.90 Å². The lowest BCUT2D eigenvalue weighted by Gasteiger charge is -2.23. The fourth-order valence-electron chi connectivity index (χ4n) is 2.31. The van der Waals surface area contributed by atoms with Crippen LogP contribution in [0.15, 0.2) is 18.2 Å². The molecule has 0 fully saturated rings. The normalized spacial score (nSPS) is 14.1. The monoisotopic (exact) mass is 258 g/mol. The van der Waals surface area contributed by atoms with E-state index in [0.717, 1.165) is 37.2 Å². The highest BCUT2D eigenvalue weighted by Gasteiger charge is 2.23. The highest BCUT2D eigenvalue weighted by atomic mass is 16.4. The summed E-state index contributed by atoms with van der Waals surface area (Å²) in [5.74, 6) is -0.883. The van der Waals surface area contributed by atoms with Crippen molar-refractivity contribution >= 4 is 11.7 Å². The quantitative estimate of drug-likeness (QED) is 0.901. The van der Waals surface area contributed by atoms with Crippen LogP contribution in [0.2, 0.25) is 0 Å². The minimum atomic E-state index is -0.883. The third-order valence-corrected chi connectivity index (χ3v) is 3.63. The number of hydrogen-bond acceptors (Lipinski definition) is 3. The Bertz CT molecular complexity index is 544. The first-order valence-corrected chi connectivity index (χ1v) is 6.45. The number of anilines is 1. The number of rotatable bonds is 4. The SMILES string of the molecule is CC(C)(C#N)CCN1CCc2cc(C(=O)O)ccc21. The van der Waals surface area contributed by atoms with Gasteiger partial charge in [0.25, 0.3) is 0 Å². The van der Waals surface area contributed by atoms with E-state index in [2.05, 4.69) is 11.0 Å². The van der Waals surface area contributed by atoms with Crippen LogP contribution in [0.25, 0.3) is 0 Å². The van der Waals surface area contributed by atoms with Crippen molar-refractivity contribution in [1.29, 1.82) is 5.26 Å². The van der Waals surface area contributed by atoms with Gasteiger partial charge in [-0.05, 0) is 50.5 Å². The second-order valence-electron chi connectivity index (χ2n) is 5.63. The van der Waals surface area contributed by atoms with Crippen LogP contribution in [0, 0.1) is 16.7 Å². The molecule has 0 unspecified atom stereocenters. The molecule has 0 amide bonds. The van der Waals surface area contributed by atoms with Crippen molar-refractivity contribution in [2.45, 2.75) is 26.7 Å². The predicted molar refractivity (Wildman–Crippen MR) is 73.3 cm³/mol. The molecule has 19 heavy (non-hydrogen) atoms. The first-order valence-electron chi connectivity index (χ1n) is 6.45. The van der Waals surface area contributed by atoms with Crippen molar-refractivity contribution in [2.75, 3.05) is 18.0 Å². The number of fused-ring (bicyclic) bond motifs is 1. The van der Waals surface area contributed by atoms with Gasteiger partial charge in [-0.2, -0.15) is 5.26 Å². The maximum atomic E-state index is 10.9. The summed E-state index contributed by atoms with van der Waals surface area (Å²) in [5, 5.41) is 18.0. The van der Waals surface area contributed by atoms with Gasteiger partial charge in [0.2, 0.25) is 0 Å². The zero-order valence-corrected chi connectivity index (χ0v) is 11.3. The molecule has 0 atom stereocenters. The van der Waals surface area contributed by atoms with E-state index in [-0.39, 0.29) is 5.41 Å². The molecule has 1 aliphatic heterocycles. The molecule has 0 aromatic heterocycles. The molecular weight excluding hydrogens is 240 g/mol. The smallest absolute Gasteiger partial charge is 0.335 e. The van der Waals surface area contributed by atoms with Gasteiger partial charge in [-0.1, -0.05) is 0 Å². The summed E-state index contributed by atoms with van der Waals surface area (Å²) in [4.78, 5) is 13.2. The van der Waals surface area contributed by atoms with Crippen molar-refractivity contribution in [3.05, 3.63) is 29.3 Å². The number of aromatic carboxylic acids is 1. The van der Waals surface area contributed by atoms with E-state index < -0.39 is 5.97 Å². The molecule has 0 aliphatic carbocycles. The summed E-state index contributed by atoms with van der Waals surface area (Å²) in [6, 6.07) is 7.59. The number of benzene rings is 1. The first kappa shape index (κ1) is 13.4. The topological polar surface area (TPSA) is 64.3 Å². The van der Waals surface area contributed by atoms with Gasteiger partial charge in [0.1, 0.15) is 0 Å². The van der Waals surface area contributed by atoms with Gasteiger partial charge in [0.15, 0.2) is 0 Å². The first-order chi connectivity index (χ1) is 8.93. The highest BCUT2D eigenvalue weighted by molar-refractivity contribution is 5.88. The maximum absolute atomic E-state index is 10.9. The van der Waals surface area contributed by atoms with Gasteiger partial charge in [-0.25, -0.2) is 4.79 Å². The third kappa shape index (κ3) is 2.87. The highest BCUT2D eigenvalue weighted by Crippen LogP contribution is 2.30. The molecule has 4 heteroatoms. The summed E-state index contributed by atoms with van der Waals surface area (Å²) in [6.07, 6.45) is 1.69. The maximum Gasteiger partial charge on any atom is 0.335 e. The molecule has 1 heterocycles. The van der Waals surface area contributed by atoms with E-state index in [1.807, 2.05) is 19.9 Å². The van der Waals surface area contributed by atoms with E-state index >= 15 is 0 Å². The van der Waals surface area contributed by atoms with Gasteiger partial charge < -0.3 is 10.0 Å². The van der Waals surface area contributed by atoms with Crippen molar-refractivity contribution in [3.63, 3.8) is 0 Å². The van der Waals surface area contributed by atoms with E-state index in [9.17, 15) is 4.79 Å². The number of carboxylic acids is 1. The van der Waals surface area contributed by atoms with Crippen LogP contribution in [0.3, 0.4) is 0 Å². The van der Waals surface area contributed by atoms with Crippen LogP contribution in [-0.2, 0) is 6.42 Å². The van der Waals surface area contributed by atoms with Crippen LogP contribution in [-0.4, -0.2) is 24.2 Å². The zero-order valence-electron chi connectivity index (χ0n) is 11.3. The average molecular weight is 258 g/mol. The Morgan fingerprint density at radius 2 is 2.26 bits per heavy atom. The van der Waals surface area contributed by atoms with Gasteiger partial charge in [-0.15, -0.1) is 0 Å². The van der Waals surface area contributed by atoms with E-state index in [0.29, 0.717) is 5.56 Å². The molecule has 0 saturated heterocycles. The molecule has 4 nitrogen and oxygen atoms in total. The summed E-state index contributed by atoms with van der Waals surface area (Å²) >= 11 is 0. The van der Waals surface area contributed by atoms with Crippen molar-refractivity contribution in [1.82, 2.24) is 0 Å². The molecule has 1 aromatic carbocycles. The summed E-state index contributed by atoms with van der Waals surface area (Å²) in [6.45, 7) is 5.62. The largest absolute Gasteiger partial charge is 0.478 e. The molecule has 0 saturated carbocycles. The molecule has 2 rings (SSSR count). The number of hydrogen-bond donors (Lipinski definition) is 1. The van der Waals surface area contributed by atoms with E-state index in [1.165, 1.54) is 0 Å². The molecule has 100 valence electrons. The lowest BCUT2D eigenvalue weighted by atomic mass is 9.91. The minimum absolute atomic E-state index is 0.316. The van der Waals surface area contributed by atoms with Crippen LogP contribution in [0.4, 0.5) is 5.69 Å². The Labute approximate surface area is 113 Å². The molecule has 0 radical (unpaired) electrons. The lowest BCUT2D eigenvalue weighted by molar-refractivity contribution is 0.0697. The van der Waals surface area contributed by atoms with Gasteiger partial charge in [0.05, 0.1) is 17.0 Å². The Morgan fingerprint density at radius 3 is 2.89 bits per heavy atom. The summed E-state index contributed by atoms with van der Waals surface area (Å²) < 4.78 is 0. The van der Waals surface area contributed by atoms with Gasteiger partial charge >= 0.3 is 5.97 Å². The molecule has 1 aliphatic rings. The Balaban J connectivity index is 2.11. The average Bonchev–Trinajstić information content (AvgIpc) is 2.78. The summed E-state index contributed by atoms with van der Waals surface area (Å²) in [7, 11) is 0. The minimum Gasteiger partial charge on any atom is -0.478 e. The van der Waals surface area contributed by atoms with Gasteiger partial charge in [-0.3, -0.25) is 0 Å². The fourth-order valence-corrected chi connectivity index (χ4v) is 2.31. The molecule has 0 bridgehead atoms. The van der Waals surface area contributed by atoms with Crippen LogP contribution in [0.1, 0.15) is 36.2 Å². The Kier molecular flexibility index (Phi) is 3.48. The fraction of sp³-hybridized carbons (Fsp3) is 0.467. The number of carbonyl (C=O) groups is 1. The molecule has 1 aromatic rings. The molecule has 0 spiro atoms. The van der Waals surface area contributed by atoms with Gasteiger partial charge in [0, 0.05) is 18.8 Å². The second-order valence-corrected chi connectivity index (χ2v) is 5.63. The lowest BCUT2D eigenvalue weighted by Crippen LogP contribution is -2.25. The second kappa shape index (κ2) is 4.93. The third-order valence-electron chi connectivity index (χ3n) is 3.63. The molecular formula is C15H18N2O2. The summed E-state index contributed by atoms with van der Waals surface area (Å²) in [5.41, 5.74) is 2.23. The number of nitrogens with zero attached hydrogens (tertiary/aromatic N) is 2. The van der Waals surface area contributed by atoms with Crippen molar-refractivity contribution in [3.8, 4) is 6.07 Å². The molecule has 1 N–H and O–H groups in total. The number of nitriles is 1. The standard InChI is InChI=1S/C15H18N2O2/c1-15(2,10-16)6-8-17-7-5-11-9-12(14(18)19)3-4-13(11)17/h3-4,9H,5-8H2,1-2H3,(H,18,19). The van der Waals surface area contributed by atoms with Crippen LogP contribution >= 0.6 is 0 Å². The van der Waals surface area contributed by atoms with Crippen LogP contribution < -0.4 is 4.90 Å². The van der Waals surface area contributed by atoms with E-state index in [4.69, 9.17) is 10.4 Å². The Hall–Kier alpha value is -2.02. The zero-order chi connectivity index (χ0) is 14.0. The number of carboxylic acid groups (broad SMARTS) is 1.